The molecule has 0 unspecified atom stereocenters. The molecule has 0 aliphatic carbocycles. The third-order valence-corrected chi connectivity index (χ3v) is 4.76. The molecule has 1 N–H and O–H groups in total. The molecule has 1 aliphatic rings. The summed E-state index contributed by atoms with van der Waals surface area (Å²) in [6.45, 7) is 3.89. The fourth-order valence-corrected chi connectivity index (χ4v) is 3.43. The molecule has 0 bridgehead atoms. The SMILES string of the molecule is Cc1csc(NC2CCN(c3ccc([N+](=O)[O-])cc3)CC2)n1. The van der Waals surface area contributed by atoms with Crippen LogP contribution >= 0.6 is 11.3 Å². The number of aromatic nitrogens is 1. The molecule has 2 heterocycles. The summed E-state index contributed by atoms with van der Waals surface area (Å²) in [6.07, 6.45) is 2.07. The number of hydrogen-bond acceptors (Lipinski definition) is 6. The molecule has 6 nitrogen and oxygen atoms in total. The molecule has 1 aromatic heterocycles. The zero-order valence-corrected chi connectivity index (χ0v) is 13.2. The lowest BCUT2D eigenvalue weighted by molar-refractivity contribution is -0.384. The Morgan fingerprint density at radius 3 is 2.55 bits per heavy atom. The number of nitro groups is 1. The van der Waals surface area contributed by atoms with Gasteiger partial charge in [-0.2, -0.15) is 0 Å². The Labute approximate surface area is 132 Å². The molecule has 116 valence electrons. The quantitative estimate of drug-likeness (QED) is 0.690. The van der Waals surface area contributed by atoms with Gasteiger partial charge in [-0.05, 0) is 31.9 Å². The van der Waals surface area contributed by atoms with Crippen LogP contribution < -0.4 is 10.2 Å². The van der Waals surface area contributed by atoms with Crippen LogP contribution in [0.4, 0.5) is 16.5 Å². The number of thiazole rings is 1. The molecule has 7 heteroatoms. The Kier molecular flexibility index (Phi) is 4.24. The summed E-state index contributed by atoms with van der Waals surface area (Å²) in [7, 11) is 0. The smallest absolute Gasteiger partial charge is 0.269 e. The van der Waals surface area contributed by atoms with Crippen LogP contribution in [0.2, 0.25) is 0 Å². The highest BCUT2D eigenvalue weighted by Crippen LogP contribution is 2.25. The second kappa shape index (κ2) is 6.31. The Bertz CT molecular complexity index is 648. The monoisotopic (exact) mass is 318 g/mol. The first-order chi connectivity index (χ1) is 10.6. The van der Waals surface area contributed by atoms with E-state index >= 15 is 0 Å². The first-order valence-electron chi connectivity index (χ1n) is 7.30. The van der Waals surface area contributed by atoms with E-state index in [9.17, 15) is 10.1 Å². The van der Waals surface area contributed by atoms with E-state index in [4.69, 9.17) is 0 Å². The van der Waals surface area contributed by atoms with Gasteiger partial charge in [0, 0.05) is 42.3 Å². The number of nitrogens with zero attached hydrogens (tertiary/aromatic N) is 3. The van der Waals surface area contributed by atoms with Crippen molar-refractivity contribution in [3.63, 3.8) is 0 Å². The van der Waals surface area contributed by atoms with E-state index in [-0.39, 0.29) is 10.6 Å². The van der Waals surface area contributed by atoms with Crippen molar-refractivity contribution < 1.29 is 4.92 Å². The number of rotatable bonds is 4. The molecular formula is C15H18N4O2S. The summed E-state index contributed by atoms with van der Waals surface area (Å²) >= 11 is 1.64. The lowest BCUT2D eigenvalue weighted by atomic mass is 10.0. The number of piperidine rings is 1. The molecule has 0 radical (unpaired) electrons. The molecule has 1 fully saturated rings. The normalized spacial score (nSPS) is 15.8. The van der Waals surface area contributed by atoms with Crippen molar-refractivity contribution in [2.45, 2.75) is 25.8 Å². The van der Waals surface area contributed by atoms with Gasteiger partial charge in [0.25, 0.3) is 5.69 Å². The first kappa shape index (κ1) is 14.8. The highest BCUT2D eigenvalue weighted by atomic mass is 32.1. The van der Waals surface area contributed by atoms with Gasteiger partial charge in [-0.25, -0.2) is 4.98 Å². The summed E-state index contributed by atoms with van der Waals surface area (Å²) in [5, 5.41) is 17.2. The number of aryl methyl sites for hydroxylation is 1. The topological polar surface area (TPSA) is 71.3 Å². The number of non-ortho nitro benzene ring substituents is 1. The van der Waals surface area contributed by atoms with E-state index in [0.29, 0.717) is 6.04 Å². The number of benzene rings is 1. The maximum atomic E-state index is 10.7. The van der Waals surface area contributed by atoms with Gasteiger partial charge in [-0.15, -0.1) is 11.3 Å². The number of hydrogen-bond donors (Lipinski definition) is 1. The fraction of sp³-hybridized carbons (Fsp3) is 0.400. The maximum absolute atomic E-state index is 10.7. The summed E-state index contributed by atoms with van der Waals surface area (Å²) in [6, 6.07) is 7.24. The molecule has 2 aromatic rings. The Hall–Kier alpha value is -2.15. The lowest BCUT2D eigenvalue weighted by Crippen LogP contribution is -2.39. The van der Waals surface area contributed by atoms with Crippen LogP contribution in [0.3, 0.4) is 0 Å². The zero-order chi connectivity index (χ0) is 15.5. The number of nitro benzene ring substituents is 1. The minimum absolute atomic E-state index is 0.138. The summed E-state index contributed by atoms with van der Waals surface area (Å²) in [4.78, 5) is 17.0. The molecule has 1 aliphatic heterocycles. The van der Waals surface area contributed by atoms with Crippen LogP contribution in [0.5, 0.6) is 0 Å². The molecule has 0 amide bonds. The van der Waals surface area contributed by atoms with Crippen molar-refractivity contribution >= 4 is 27.8 Å². The average molecular weight is 318 g/mol. The van der Waals surface area contributed by atoms with Gasteiger partial charge < -0.3 is 10.2 Å². The highest BCUT2D eigenvalue weighted by Gasteiger charge is 2.20. The van der Waals surface area contributed by atoms with Gasteiger partial charge in [0.05, 0.1) is 10.6 Å². The minimum atomic E-state index is -0.365. The number of anilines is 2. The third-order valence-electron chi connectivity index (χ3n) is 3.87. The maximum Gasteiger partial charge on any atom is 0.269 e. The lowest BCUT2D eigenvalue weighted by Gasteiger charge is -2.33. The van der Waals surface area contributed by atoms with Crippen LogP contribution in [-0.2, 0) is 0 Å². The Balaban J connectivity index is 1.56. The van der Waals surface area contributed by atoms with Crippen LogP contribution in [0, 0.1) is 17.0 Å². The van der Waals surface area contributed by atoms with Crippen LogP contribution in [0.1, 0.15) is 18.5 Å². The first-order valence-corrected chi connectivity index (χ1v) is 8.18. The predicted octanol–water partition coefficient (Wildman–Crippen LogP) is 3.44. The standard InChI is InChI=1S/C15H18N4O2S/c1-11-10-22-15(16-11)17-12-6-8-18(9-7-12)13-2-4-14(5-3-13)19(20)21/h2-5,10,12H,6-9H2,1H3,(H,16,17). The van der Waals surface area contributed by atoms with Gasteiger partial charge in [-0.3, -0.25) is 10.1 Å². The van der Waals surface area contributed by atoms with Crippen molar-refractivity contribution in [2.24, 2.45) is 0 Å². The van der Waals surface area contributed by atoms with Crippen molar-refractivity contribution in [2.75, 3.05) is 23.3 Å². The molecule has 1 saturated heterocycles. The Morgan fingerprint density at radius 1 is 1.32 bits per heavy atom. The molecule has 0 atom stereocenters. The van der Waals surface area contributed by atoms with Crippen LogP contribution in [0.15, 0.2) is 29.6 Å². The van der Waals surface area contributed by atoms with E-state index in [2.05, 4.69) is 15.2 Å². The highest BCUT2D eigenvalue weighted by molar-refractivity contribution is 7.13. The van der Waals surface area contributed by atoms with Crippen LogP contribution in [-0.4, -0.2) is 29.0 Å². The van der Waals surface area contributed by atoms with Gasteiger partial charge in [0.15, 0.2) is 5.13 Å². The van der Waals surface area contributed by atoms with Crippen molar-refractivity contribution in [3.05, 3.63) is 45.5 Å². The summed E-state index contributed by atoms with van der Waals surface area (Å²) < 4.78 is 0. The molecule has 3 rings (SSSR count). The van der Waals surface area contributed by atoms with Crippen molar-refractivity contribution in [3.8, 4) is 0 Å². The zero-order valence-electron chi connectivity index (χ0n) is 12.4. The van der Waals surface area contributed by atoms with Crippen LogP contribution in [0.25, 0.3) is 0 Å². The predicted molar refractivity (Wildman–Crippen MR) is 88.8 cm³/mol. The largest absolute Gasteiger partial charge is 0.371 e. The van der Waals surface area contributed by atoms with E-state index in [1.807, 2.05) is 24.4 Å². The van der Waals surface area contributed by atoms with Gasteiger partial charge in [0.2, 0.25) is 0 Å². The van der Waals surface area contributed by atoms with E-state index in [1.165, 1.54) is 0 Å². The fourth-order valence-electron chi connectivity index (χ4n) is 2.66. The summed E-state index contributed by atoms with van der Waals surface area (Å²) in [5.41, 5.74) is 2.24. The second-order valence-electron chi connectivity index (χ2n) is 5.47. The molecular weight excluding hydrogens is 300 g/mol. The molecule has 0 saturated carbocycles. The minimum Gasteiger partial charge on any atom is -0.371 e. The van der Waals surface area contributed by atoms with Gasteiger partial charge in [-0.1, -0.05) is 0 Å². The summed E-state index contributed by atoms with van der Waals surface area (Å²) in [5.74, 6) is 0. The van der Waals surface area contributed by atoms with E-state index < -0.39 is 0 Å². The number of nitrogens with one attached hydrogen (secondary N) is 1. The Morgan fingerprint density at radius 2 is 2.00 bits per heavy atom. The molecule has 0 spiro atoms. The van der Waals surface area contributed by atoms with E-state index in [0.717, 1.165) is 42.4 Å². The second-order valence-corrected chi connectivity index (χ2v) is 6.33. The average Bonchev–Trinajstić information content (AvgIpc) is 2.93. The van der Waals surface area contributed by atoms with Gasteiger partial charge >= 0.3 is 0 Å². The van der Waals surface area contributed by atoms with Gasteiger partial charge in [0.1, 0.15) is 0 Å². The molecule has 22 heavy (non-hydrogen) atoms. The van der Waals surface area contributed by atoms with Crippen molar-refractivity contribution in [1.29, 1.82) is 0 Å². The molecule has 1 aromatic carbocycles. The van der Waals surface area contributed by atoms with E-state index in [1.54, 1.807) is 23.5 Å². The van der Waals surface area contributed by atoms with Crippen molar-refractivity contribution in [1.82, 2.24) is 4.98 Å². The third kappa shape index (κ3) is 3.36.